The van der Waals surface area contributed by atoms with Gasteiger partial charge in [0.2, 0.25) is 0 Å². The highest BCUT2D eigenvalue weighted by molar-refractivity contribution is 5.87. The molecule has 0 aliphatic heterocycles. The molecule has 66 valence electrons. The number of carboxylic acids is 1. The highest BCUT2D eigenvalue weighted by Crippen LogP contribution is 2.32. The Bertz CT molecular complexity index is 270. The zero-order valence-corrected chi connectivity index (χ0v) is 7.72. The van der Waals surface area contributed by atoms with E-state index < -0.39 is 5.97 Å². The Morgan fingerprint density at radius 2 is 2.17 bits per heavy atom. The molecule has 0 aromatic heterocycles. The van der Waals surface area contributed by atoms with Crippen LogP contribution in [0, 0.1) is 5.41 Å². The van der Waals surface area contributed by atoms with Crippen LogP contribution in [0.25, 0.3) is 0 Å². The van der Waals surface area contributed by atoms with Gasteiger partial charge < -0.3 is 5.11 Å². The van der Waals surface area contributed by atoms with Crippen molar-refractivity contribution in [1.82, 2.24) is 0 Å². The van der Waals surface area contributed by atoms with Crippen LogP contribution in [0.4, 0.5) is 0 Å². The second kappa shape index (κ2) is 2.77. The van der Waals surface area contributed by atoms with Gasteiger partial charge in [0.1, 0.15) is 0 Å². The molecule has 0 aromatic rings. The van der Waals surface area contributed by atoms with E-state index in [2.05, 4.69) is 6.08 Å². The highest BCUT2D eigenvalue weighted by Gasteiger charge is 2.23. The zero-order valence-electron chi connectivity index (χ0n) is 7.72. The second-order valence-electron chi connectivity index (χ2n) is 4.03. The van der Waals surface area contributed by atoms with Crippen molar-refractivity contribution in [3.8, 4) is 0 Å². The summed E-state index contributed by atoms with van der Waals surface area (Å²) in [5.41, 5.74) is 1.55. The van der Waals surface area contributed by atoms with E-state index in [0.29, 0.717) is 12.0 Å². The van der Waals surface area contributed by atoms with Crippen molar-refractivity contribution in [2.75, 3.05) is 0 Å². The summed E-state index contributed by atoms with van der Waals surface area (Å²) >= 11 is 0. The SMILES string of the molecule is CC1=CC(C)(C)CC(C(=O)O)=C1. The number of carboxylic acid groups (broad SMARTS) is 1. The molecule has 1 aliphatic rings. The fourth-order valence-corrected chi connectivity index (χ4v) is 1.66. The van der Waals surface area contributed by atoms with Crippen molar-refractivity contribution in [1.29, 1.82) is 0 Å². The lowest BCUT2D eigenvalue weighted by Gasteiger charge is -2.25. The summed E-state index contributed by atoms with van der Waals surface area (Å²) in [6, 6.07) is 0. The lowest BCUT2D eigenvalue weighted by molar-refractivity contribution is -0.133. The lowest BCUT2D eigenvalue weighted by Crippen LogP contribution is -2.17. The van der Waals surface area contributed by atoms with Crippen LogP contribution in [0.15, 0.2) is 23.3 Å². The smallest absolute Gasteiger partial charge is 0.331 e. The lowest BCUT2D eigenvalue weighted by atomic mass is 9.80. The van der Waals surface area contributed by atoms with Gasteiger partial charge in [0.15, 0.2) is 0 Å². The van der Waals surface area contributed by atoms with Crippen LogP contribution in [0.5, 0.6) is 0 Å². The minimum atomic E-state index is -0.796. The van der Waals surface area contributed by atoms with Crippen molar-refractivity contribution >= 4 is 5.97 Å². The molecular weight excluding hydrogens is 152 g/mol. The van der Waals surface area contributed by atoms with E-state index in [4.69, 9.17) is 5.11 Å². The van der Waals surface area contributed by atoms with Crippen molar-refractivity contribution in [3.63, 3.8) is 0 Å². The third-order valence-corrected chi connectivity index (χ3v) is 1.94. The number of aliphatic carboxylic acids is 1. The van der Waals surface area contributed by atoms with E-state index in [1.807, 2.05) is 20.8 Å². The van der Waals surface area contributed by atoms with Gasteiger partial charge in [0.05, 0.1) is 0 Å². The van der Waals surface area contributed by atoms with E-state index in [9.17, 15) is 4.79 Å². The first kappa shape index (κ1) is 9.04. The number of carbonyl (C=O) groups is 1. The summed E-state index contributed by atoms with van der Waals surface area (Å²) in [6.45, 7) is 6.03. The average molecular weight is 166 g/mol. The van der Waals surface area contributed by atoms with Crippen molar-refractivity contribution in [3.05, 3.63) is 23.3 Å². The third-order valence-electron chi connectivity index (χ3n) is 1.94. The molecule has 0 heterocycles. The maximum absolute atomic E-state index is 10.7. The van der Waals surface area contributed by atoms with Crippen LogP contribution in [0.3, 0.4) is 0 Å². The van der Waals surface area contributed by atoms with Crippen LogP contribution in [0.2, 0.25) is 0 Å². The molecule has 0 saturated heterocycles. The first-order valence-electron chi connectivity index (χ1n) is 4.04. The third kappa shape index (κ3) is 1.97. The molecule has 0 spiro atoms. The summed E-state index contributed by atoms with van der Waals surface area (Å²) < 4.78 is 0. The van der Waals surface area contributed by atoms with Crippen LogP contribution in [0.1, 0.15) is 27.2 Å². The Hall–Kier alpha value is -1.05. The fraction of sp³-hybridized carbons (Fsp3) is 0.500. The molecule has 0 fully saturated rings. The van der Waals surface area contributed by atoms with Gasteiger partial charge in [-0.2, -0.15) is 0 Å². The van der Waals surface area contributed by atoms with Gasteiger partial charge in [-0.15, -0.1) is 0 Å². The molecule has 2 nitrogen and oxygen atoms in total. The molecule has 0 saturated carbocycles. The van der Waals surface area contributed by atoms with Crippen molar-refractivity contribution in [2.45, 2.75) is 27.2 Å². The van der Waals surface area contributed by atoms with Gasteiger partial charge in [-0.05, 0) is 24.8 Å². The molecule has 0 amide bonds. The molecule has 12 heavy (non-hydrogen) atoms. The fourth-order valence-electron chi connectivity index (χ4n) is 1.66. The zero-order chi connectivity index (χ0) is 9.35. The maximum Gasteiger partial charge on any atom is 0.331 e. The number of hydrogen-bond acceptors (Lipinski definition) is 1. The van der Waals surface area contributed by atoms with Gasteiger partial charge in [-0.3, -0.25) is 0 Å². The average Bonchev–Trinajstić information content (AvgIpc) is 1.82. The molecule has 0 atom stereocenters. The van der Waals surface area contributed by atoms with Crippen molar-refractivity contribution in [2.24, 2.45) is 5.41 Å². The predicted octanol–water partition coefficient (Wildman–Crippen LogP) is 2.37. The molecular formula is C10H14O2. The van der Waals surface area contributed by atoms with Gasteiger partial charge in [-0.1, -0.05) is 25.5 Å². The summed E-state index contributed by atoms with van der Waals surface area (Å²) in [7, 11) is 0. The van der Waals surface area contributed by atoms with Gasteiger partial charge in [0, 0.05) is 5.57 Å². The minimum Gasteiger partial charge on any atom is -0.478 e. The van der Waals surface area contributed by atoms with E-state index >= 15 is 0 Å². The molecule has 0 bridgehead atoms. The molecule has 1 aliphatic carbocycles. The van der Waals surface area contributed by atoms with E-state index in [1.54, 1.807) is 6.08 Å². The van der Waals surface area contributed by atoms with Gasteiger partial charge in [0.25, 0.3) is 0 Å². The summed E-state index contributed by atoms with van der Waals surface area (Å²) in [5, 5.41) is 8.79. The molecule has 0 aromatic carbocycles. The Morgan fingerprint density at radius 1 is 1.58 bits per heavy atom. The molecule has 1 N–H and O–H groups in total. The Morgan fingerprint density at radius 3 is 2.58 bits per heavy atom. The molecule has 2 heteroatoms. The first-order chi connectivity index (χ1) is 5.41. The molecule has 0 unspecified atom stereocenters. The van der Waals surface area contributed by atoms with Gasteiger partial charge in [-0.25, -0.2) is 4.79 Å². The van der Waals surface area contributed by atoms with Crippen LogP contribution >= 0.6 is 0 Å². The normalized spacial score (nSPS) is 21.2. The molecule has 0 radical (unpaired) electrons. The number of allylic oxidation sites excluding steroid dienone is 3. The van der Waals surface area contributed by atoms with Crippen molar-refractivity contribution < 1.29 is 9.90 Å². The number of rotatable bonds is 1. The van der Waals surface area contributed by atoms with Crippen LogP contribution in [-0.2, 0) is 4.79 Å². The van der Waals surface area contributed by atoms with E-state index in [-0.39, 0.29) is 5.41 Å². The largest absolute Gasteiger partial charge is 0.478 e. The quantitative estimate of drug-likeness (QED) is 0.649. The first-order valence-corrected chi connectivity index (χ1v) is 4.04. The van der Waals surface area contributed by atoms with E-state index in [0.717, 1.165) is 5.57 Å². The Kier molecular flexibility index (Phi) is 2.09. The summed E-state index contributed by atoms with van der Waals surface area (Å²) in [4.78, 5) is 10.7. The van der Waals surface area contributed by atoms with Gasteiger partial charge >= 0.3 is 5.97 Å². The summed E-state index contributed by atoms with van der Waals surface area (Å²) in [6.07, 6.45) is 4.48. The van der Waals surface area contributed by atoms with E-state index in [1.165, 1.54) is 0 Å². The minimum absolute atomic E-state index is 0.00738. The predicted molar refractivity (Wildman–Crippen MR) is 47.9 cm³/mol. The standard InChI is InChI=1S/C10H14O2/c1-7-4-8(9(11)12)6-10(2,3)5-7/h4-5H,6H2,1-3H3,(H,11,12). The highest BCUT2D eigenvalue weighted by atomic mass is 16.4. The Balaban J connectivity index is 2.96. The maximum atomic E-state index is 10.7. The monoisotopic (exact) mass is 166 g/mol. The van der Waals surface area contributed by atoms with Crippen LogP contribution in [-0.4, -0.2) is 11.1 Å². The Labute approximate surface area is 72.6 Å². The topological polar surface area (TPSA) is 37.3 Å². The number of hydrogen-bond donors (Lipinski definition) is 1. The summed E-state index contributed by atoms with van der Waals surface area (Å²) in [5.74, 6) is -0.796. The second-order valence-corrected chi connectivity index (χ2v) is 4.03. The molecule has 1 rings (SSSR count). The van der Waals surface area contributed by atoms with Crippen LogP contribution < -0.4 is 0 Å².